The lowest BCUT2D eigenvalue weighted by atomic mass is 10.2. The minimum Gasteiger partial charge on any atom is -0.366 e. The van der Waals surface area contributed by atoms with Crippen LogP contribution in [0.4, 0.5) is 19.0 Å². The number of hydrogen-bond acceptors (Lipinski definition) is 4. The van der Waals surface area contributed by atoms with Gasteiger partial charge < -0.3 is 5.32 Å². The first-order valence-corrected chi connectivity index (χ1v) is 6.49. The van der Waals surface area contributed by atoms with Crippen LogP contribution in [-0.2, 0) is 6.18 Å². The highest BCUT2D eigenvalue weighted by Gasteiger charge is 2.32. The van der Waals surface area contributed by atoms with Gasteiger partial charge in [0.2, 0.25) is 0 Å². The summed E-state index contributed by atoms with van der Waals surface area (Å²) in [4.78, 5) is 0. The molecule has 0 aromatic carbocycles. The van der Waals surface area contributed by atoms with E-state index in [0.29, 0.717) is 5.82 Å². The summed E-state index contributed by atoms with van der Waals surface area (Å²) in [5.74, 6) is 1.36. The van der Waals surface area contributed by atoms with Gasteiger partial charge in [-0.25, -0.2) is 0 Å². The number of anilines is 1. The molecule has 7 heteroatoms. The van der Waals surface area contributed by atoms with E-state index in [1.165, 1.54) is 6.07 Å². The van der Waals surface area contributed by atoms with E-state index in [-0.39, 0.29) is 6.04 Å². The second-order valence-corrected chi connectivity index (χ2v) is 4.61. The van der Waals surface area contributed by atoms with Gasteiger partial charge in [0.05, 0.1) is 0 Å². The number of aromatic nitrogens is 2. The van der Waals surface area contributed by atoms with E-state index in [1.54, 1.807) is 11.8 Å². The van der Waals surface area contributed by atoms with Gasteiger partial charge in [-0.3, -0.25) is 0 Å². The van der Waals surface area contributed by atoms with Gasteiger partial charge >= 0.3 is 6.18 Å². The third-order valence-corrected chi connectivity index (χ3v) is 2.75. The van der Waals surface area contributed by atoms with E-state index in [4.69, 9.17) is 0 Å². The summed E-state index contributed by atoms with van der Waals surface area (Å²) < 4.78 is 36.7. The highest BCUT2D eigenvalue weighted by Crippen LogP contribution is 2.27. The molecular formula is C10H14F3N3S. The van der Waals surface area contributed by atoms with Crippen LogP contribution in [0.5, 0.6) is 0 Å². The molecule has 1 heterocycles. The summed E-state index contributed by atoms with van der Waals surface area (Å²) in [5.41, 5.74) is -0.972. The zero-order valence-corrected chi connectivity index (χ0v) is 10.4. The average molecular weight is 265 g/mol. The van der Waals surface area contributed by atoms with Gasteiger partial charge in [0.15, 0.2) is 5.69 Å². The van der Waals surface area contributed by atoms with E-state index in [1.807, 2.05) is 13.2 Å². The molecule has 1 unspecified atom stereocenters. The molecule has 1 N–H and O–H groups in total. The predicted molar refractivity (Wildman–Crippen MR) is 63.1 cm³/mol. The Kier molecular flexibility index (Phi) is 5.04. The Morgan fingerprint density at radius 2 is 2.06 bits per heavy atom. The van der Waals surface area contributed by atoms with Crippen molar-refractivity contribution in [3.8, 4) is 0 Å². The first kappa shape index (κ1) is 14.1. The monoisotopic (exact) mass is 265 g/mol. The fourth-order valence-electron chi connectivity index (χ4n) is 1.18. The maximum atomic E-state index is 12.2. The molecule has 0 saturated carbocycles. The Bertz CT molecular complexity index is 340. The molecule has 1 rings (SSSR count). The molecule has 3 nitrogen and oxygen atoms in total. The summed E-state index contributed by atoms with van der Waals surface area (Å²) in [6, 6.07) is 2.38. The molecule has 0 aliphatic carbocycles. The largest absolute Gasteiger partial charge is 0.435 e. The highest BCUT2D eigenvalue weighted by atomic mass is 32.2. The number of hydrogen-bond donors (Lipinski definition) is 1. The zero-order valence-electron chi connectivity index (χ0n) is 9.58. The van der Waals surface area contributed by atoms with E-state index in [0.717, 1.165) is 18.2 Å². The SMILES string of the molecule is CSCCC(C)Nc1ccc(C(F)(F)F)nn1. The van der Waals surface area contributed by atoms with E-state index < -0.39 is 11.9 Å². The number of halogens is 3. The molecule has 1 atom stereocenters. The maximum absolute atomic E-state index is 12.2. The second kappa shape index (κ2) is 6.09. The van der Waals surface area contributed by atoms with Crippen LogP contribution in [-0.4, -0.2) is 28.2 Å². The summed E-state index contributed by atoms with van der Waals surface area (Å²) in [5, 5.41) is 9.65. The van der Waals surface area contributed by atoms with Crippen LogP contribution >= 0.6 is 11.8 Å². The van der Waals surface area contributed by atoms with Crippen LogP contribution in [0.2, 0.25) is 0 Å². The number of nitrogens with one attached hydrogen (secondary N) is 1. The molecule has 96 valence electrons. The highest BCUT2D eigenvalue weighted by molar-refractivity contribution is 7.98. The molecule has 17 heavy (non-hydrogen) atoms. The van der Waals surface area contributed by atoms with Crippen molar-refractivity contribution in [3.63, 3.8) is 0 Å². The topological polar surface area (TPSA) is 37.8 Å². The number of thioether (sulfide) groups is 1. The average Bonchev–Trinajstić information content (AvgIpc) is 2.26. The lowest BCUT2D eigenvalue weighted by Crippen LogP contribution is -2.18. The number of alkyl halides is 3. The van der Waals surface area contributed by atoms with Crippen molar-refractivity contribution in [2.75, 3.05) is 17.3 Å². The number of rotatable bonds is 5. The summed E-state index contributed by atoms with van der Waals surface area (Å²) in [6.07, 6.45) is -1.51. The molecule has 1 aromatic rings. The minimum absolute atomic E-state index is 0.161. The van der Waals surface area contributed by atoms with Crippen molar-refractivity contribution in [2.45, 2.75) is 25.6 Å². The maximum Gasteiger partial charge on any atom is 0.435 e. The van der Waals surface area contributed by atoms with Crippen molar-refractivity contribution < 1.29 is 13.2 Å². The van der Waals surface area contributed by atoms with Crippen LogP contribution in [0.3, 0.4) is 0 Å². The third kappa shape index (κ3) is 4.80. The van der Waals surface area contributed by atoms with Gasteiger partial charge in [-0.2, -0.15) is 24.9 Å². The van der Waals surface area contributed by atoms with Crippen LogP contribution in [0.25, 0.3) is 0 Å². The molecule has 0 radical (unpaired) electrons. The third-order valence-electron chi connectivity index (χ3n) is 2.10. The van der Waals surface area contributed by atoms with Crippen molar-refractivity contribution in [2.24, 2.45) is 0 Å². The molecule has 0 aliphatic heterocycles. The van der Waals surface area contributed by atoms with E-state index in [9.17, 15) is 13.2 Å². The van der Waals surface area contributed by atoms with Gasteiger partial charge in [0.25, 0.3) is 0 Å². The Labute approximate surface area is 102 Å². The van der Waals surface area contributed by atoms with Gasteiger partial charge in [0.1, 0.15) is 5.82 Å². The van der Waals surface area contributed by atoms with Crippen LogP contribution in [0, 0.1) is 0 Å². The molecule has 0 saturated heterocycles. The molecular weight excluding hydrogens is 251 g/mol. The normalized spacial score (nSPS) is 13.5. The van der Waals surface area contributed by atoms with Crippen molar-refractivity contribution in [1.82, 2.24) is 10.2 Å². The Balaban J connectivity index is 2.56. The minimum atomic E-state index is -4.43. The molecule has 0 aliphatic rings. The van der Waals surface area contributed by atoms with Crippen molar-refractivity contribution >= 4 is 17.6 Å². The standard InChI is InChI=1S/C10H14F3N3S/c1-7(5-6-17-2)14-9-4-3-8(15-16-9)10(11,12)13/h3-4,7H,5-6H2,1-2H3,(H,14,16). The molecule has 1 aromatic heterocycles. The Morgan fingerprint density at radius 3 is 2.53 bits per heavy atom. The van der Waals surface area contributed by atoms with Crippen molar-refractivity contribution in [1.29, 1.82) is 0 Å². The lowest BCUT2D eigenvalue weighted by molar-refractivity contribution is -0.141. The van der Waals surface area contributed by atoms with Crippen molar-refractivity contribution in [3.05, 3.63) is 17.8 Å². The molecule has 0 amide bonds. The summed E-state index contributed by atoms with van der Waals surface area (Å²) >= 11 is 1.72. The Morgan fingerprint density at radius 1 is 1.35 bits per heavy atom. The summed E-state index contributed by atoms with van der Waals surface area (Å²) in [7, 11) is 0. The fourth-order valence-corrected chi connectivity index (χ4v) is 1.77. The zero-order chi connectivity index (χ0) is 12.9. The second-order valence-electron chi connectivity index (χ2n) is 3.63. The molecule has 0 bridgehead atoms. The first-order valence-electron chi connectivity index (χ1n) is 5.10. The van der Waals surface area contributed by atoms with Crippen LogP contribution < -0.4 is 5.32 Å². The van der Waals surface area contributed by atoms with Gasteiger partial charge in [0, 0.05) is 6.04 Å². The molecule has 0 spiro atoms. The van der Waals surface area contributed by atoms with E-state index in [2.05, 4.69) is 15.5 Å². The van der Waals surface area contributed by atoms with Gasteiger partial charge in [-0.15, -0.1) is 10.2 Å². The fraction of sp³-hybridized carbons (Fsp3) is 0.600. The summed E-state index contributed by atoms with van der Waals surface area (Å²) in [6.45, 7) is 1.95. The Hall–Kier alpha value is -0.980. The van der Waals surface area contributed by atoms with Crippen LogP contribution in [0.1, 0.15) is 19.0 Å². The first-order chi connectivity index (χ1) is 7.93. The number of nitrogens with zero attached hydrogens (tertiary/aromatic N) is 2. The quantitative estimate of drug-likeness (QED) is 0.888. The van der Waals surface area contributed by atoms with Gasteiger partial charge in [-0.1, -0.05) is 0 Å². The van der Waals surface area contributed by atoms with Crippen LogP contribution in [0.15, 0.2) is 12.1 Å². The smallest absolute Gasteiger partial charge is 0.366 e. The predicted octanol–water partition coefficient (Wildman–Crippen LogP) is 3.05. The van der Waals surface area contributed by atoms with Gasteiger partial charge in [-0.05, 0) is 37.5 Å². The lowest BCUT2D eigenvalue weighted by Gasteiger charge is -2.13. The van der Waals surface area contributed by atoms with E-state index >= 15 is 0 Å². The molecule has 0 fully saturated rings.